The van der Waals surface area contributed by atoms with Crippen molar-refractivity contribution in [2.45, 2.75) is 0 Å². The second kappa shape index (κ2) is 4.25. The molecule has 4 rings (SSSR count). The van der Waals surface area contributed by atoms with Crippen LogP contribution >= 0.6 is 11.3 Å². The van der Waals surface area contributed by atoms with Gasteiger partial charge in [0.05, 0.1) is 21.3 Å². The third-order valence-electron chi connectivity index (χ3n) is 3.09. The molecule has 2 N–H and O–H groups in total. The lowest BCUT2D eigenvalue weighted by atomic mass is 10.3. The minimum Gasteiger partial charge on any atom is -0.382 e. The first-order valence-corrected chi connectivity index (χ1v) is 7.01. The van der Waals surface area contributed by atoms with Crippen molar-refractivity contribution in [1.29, 1.82) is 0 Å². The molecule has 0 spiro atoms. The van der Waals surface area contributed by atoms with Crippen molar-refractivity contribution in [2.75, 3.05) is 5.73 Å². The Morgan fingerprint density at radius 3 is 2.15 bits per heavy atom. The maximum Gasteiger partial charge on any atom is 0.153 e. The maximum atomic E-state index is 6.03. The van der Waals surface area contributed by atoms with Crippen LogP contribution in [0.15, 0.2) is 48.5 Å². The minimum absolute atomic E-state index is 0.419. The third kappa shape index (κ3) is 1.71. The molecule has 0 bridgehead atoms. The lowest BCUT2D eigenvalue weighted by molar-refractivity contribution is 1.29. The van der Waals surface area contributed by atoms with Crippen molar-refractivity contribution < 1.29 is 0 Å². The summed E-state index contributed by atoms with van der Waals surface area (Å²) in [7, 11) is 0. The predicted molar refractivity (Wildman–Crippen MR) is 82.6 cm³/mol. The summed E-state index contributed by atoms with van der Waals surface area (Å²) in [6, 6.07) is 15.7. The van der Waals surface area contributed by atoms with Gasteiger partial charge in [-0.2, -0.15) is 0 Å². The average molecular weight is 278 g/mol. The van der Waals surface area contributed by atoms with E-state index in [0.29, 0.717) is 11.5 Å². The standard InChI is InChI=1S/C15H10N4S/c16-14-13(17-9-5-1-2-6-10(9)18-14)15-19-11-7-3-4-8-12(11)20-15/h1-8H,(H2,16,18). The first kappa shape index (κ1) is 11.3. The zero-order valence-corrected chi connectivity index (χ0v) is 11.3. The van der Waals surface area contributed by atoms with E-state index in [9.17, 15) is 0 Å². The first-order valence-electron chi connectivity index (χ1n) is 6.19. The molecule has 0 aliphatic rings. The fourth-order valence-electron chi connectivity index (χ4n) is 2.14. The zero-order chi connectivity index (χ0) is 13.5. The molecule has 0 saturated carbocycles. The van der Waals surface area contributed by atoms with Gasteiger partial charge < -0.3 is 5.73 Å². The highest BCUT2D eigenvalue weighted by molar-refractivity contribution is 7.21. The van der Waals surface area contributed by atoms with Gasteiger partial charge in [0, 0.05) is 0 Å². The molecule has 20 heavy (non-hydrogen) atoms. The normalized spacial score (nSPS) is 11.2. The highest BCUT2D eigenvalue weighted by atomic mass is 32.1. The molecule has 4 aromatic rings. The number of nitrogens with zero attached hydrogens (tertiary/aromatic N) is 3. The van der Waals surface area contributed by atoms with E-state index in [1.54, 1.807) is 11.3 Å². The SMILES string of the molecule is Nc1nc2ccccc2nc1-c1nc2ccccc2s1. The lowest BCUT2D eigenvalue weighted by Gasteiger charge is -2.03. The summed E-state index contributed by atoms with van der Waals surface area (Å²) in [5.74, 6) is 0.419. The number of para-hydroxylation sites is 3. The fourth-order valence-corrected chi connectivity index (χ4v) is 3.11. The van der Waals surface area contributed by atoms with Gasteiger partial charge in [0.1, 0.15) is 10.7 Å². The van der Waals surface area contributed by atoms with Crippen LogP contribution in [-0.4, -0.2) is 15.0 Å². The van der Waals surface area contributed by atoms with Crippen molar-refractivity contribution >= 4 is 38.4 Å². The van der Waals surface area contributed by atoms with Crippen LogP contribution in [0.3, 0.4) is 0 Å². The Bertz CT molecular complexity index is 896. The summed E-state index contributed by atoms with van der Waals surface area (Å²) >= 11 is 1.58. The van der Waals surface area contributed by atoms with E-state index in [2.05, 4.69) is 15.0 Å². The monoisotopic (exact) mass is 278 g/mol. The van der Waals surface area contributed by atoms with Crippen LogP contribution in [-0.2, 0) is 0 Å². The summed E-state index contributed by atoms with van der Waals surface area (Å²) in [6.45, 7) is 0. The fraction of sp³-hybridized carbons (Fsp3) is 0. The molecule has 96 valence electrons. The Kier molecular flexibility index (Phi) is 2.40. The van der Waals surface area contributed by atoms with E-state index >= 15 is 0 Å². The maximum absolute atomic E-state index is 6.03. The molecule has 4 nitrogen and oxygen atoms in total. The van der Waals surface area contributed by atoms with E-state index in [1.165, 1.54) is 0 Å². The van der Waals surface area contributed by atoms with Crippen molar-refractivity contribution in [3.05, 3.63) is 48.5 Å². The quantitative estimate of drug-likeness (QED) is 0.579. The van der Waals surface area contributed by atoms with Crippen LogP contribution in [0, 0.1) is 0 Å². The van der Waals surface area contributed by atoms with E-state index in [1.807, 2.05) is 48.5 Å². The average Bonchev–Trinajstić information content (AvgIpc) is 2.90. The lowest BCUT2D eigenvalue weighted by Crippen LogP contribution is -1.98. The van der Waals surface area contributed by atoms with Crippen molar-refractivity contribution in [2.24, 2.45) is 0 Å². The zero-order valence-electron chi connectivity index (χ0n) is 10.4. The largest absolute Gasteiger partial charge is 0.382 e. The Balaban J connectivity index is 1.98. The van der Waals surface area contributed by atoms with E-state index in [-0.39, 0.29) is 0 Å². The highest BCUT2D eigenvalue weighted by Crippen LogP contribution is 2.32. The molecule has 0 unspecified atom stereocenters. The van der Waals surface area contributed by atoms with Gasteiger partial charge in [-0.1, -0.05) is 24.3 Å². The van der Waals surface area contributed by atoms with Crippen LogP contribution in [0.1, 0.15) is 0 Å². The second-order valence-corrected chi connectivity index (χ2v) is 5.46. The smallest absolute Gasteiger partial charge is 0.153 e. The van der Waals surface area contributed by atoms with Crippen molar-refractivity contribution in [3.8, 4) is 10.7 Å². The molecule has 2 aromatic heterocycles. The summed E-state index contributed by atoms with van der Waals surface area (Å²) in [4.78, 5) is 13.6. The molecular formula is C15H10N4S. The number of hydrogen-bond acceptors (Lipinski definition) is 5. The summed E-state index contributed by atoms with van der Waals surface area (Å²) in [6.07, 6.45) is 0. The summed E-state index contributed by atoms with van der Waals surface area (Å²) in [5, 5.41) is 0.807. The molecular weight excluding hydrogens is 268 g/mol. The number of anilines is 1. The summed E-state index contributed by atoms with van der Waals surface area (Å²) in [5.41, 5.74) is 9.28. The van der Waals surface area contributed by atoms with Crippen LogP contribution in [0.25, 0.3) is 32.0 Å². The number of thiazole rings is 1. The molecule has 0 amide bonds. The summed E-state index contributed by atoms with van der Waals surface area (Å²) < 4.78 is 1.12. The molecule has 2 heterocycles. The number of rotatable bonds is 1. The van der Waals surface area contributed by atoms with Crippen molar-refractivity contribution in [1.82, 2.24) is 15.0 Å². The Labute approximate surface area is 118 Å². The van der Waals surface area contributed by atoms with Gasteiger partial charge in [-0.15, -0.1) is 11.3 Å². The van der Waals surface area contributed by atoms with Gasteiger partial charge in [0.25, 0.3) is 0 Å². The van der Waals surface area contributed by atoms with Crippen LogP contribution in [0.2, 0.25) is 0 Å². The number of benzene rings is 2. The van der Waals surface area contributed by atoms with Gasteiger partial charge in [0.2, 0.25) is 0 Å². The van der Waals surface area contributed by atoms with Gasteiger partial charge in [-0.3, -0.25) is 0 Å². The predicted octanol–water partition coefficient (Wildman–Crippen LogP) is 3.49. The first-order chi connectivity index (χ1) is 9.81. The number of hydrogen-bond donors (Lipinski definition) is 1. The van der Waals surface area contributed by atoms with E-state index in [4.69, 9.17) is 5.73 Å². The van der Waals surface area contributed by atoms with E-state index < -0.39 is 0 Å². The molecule has 0 fully saturated rings. The number of nitrogens with two attached hydrogens (primary N) is 1. The van der Waals surface area contributed by atoms with E-state index in [0.717, 1.165) is 26.3 Å². The van der Waals surface area contributed by atoms with Crippen LogP contribution in [0.5, 0.6) is 0 Å². The highest BCUT2D eigenvalue weighted by Gasteiger charge is 2.12. The molecule has 0 radical (unpaired) electrons. The Morgan fingerprint density at radius 1 is 0.750 bits per heavy atom. The second-order valence-electron chi connectivity index (χ2n) is 4.43. The molecule has 0 saturated heterocycles. The van der Waals surface area contributed by atoms with Gasteiger partial charge in [-0.25, -0.2) is 15.0 Å². The molecule has 5 heteroatoms. The molecule has 0 aliphatic heterocycles. The molecule has 2 aromatic carbocycles. The Hall–Kier alpha value is -2.53. The third-order valence-corrected chi connectivity index (χ3v) is 4.14. The number of fused-ring (bicyclic) bond motifs is 2. The topological polar surface area (TPSA) is 64.7 Å². The number of nitrogen functional groups attached to an aromatic ring is 1. The van der Waals surface area contributed by atoms with Crippen molar-refractivity contribution in [3.63, 3.8) is 0 Å². The van der Waals surface area contributed by atoms with Gasteiger partial charge in [0.15, 0.2) is 5.82 Å². The van der Waals surface area contributed by atoms with Gasteiger partial charge >= 0.3 is 0 Å². The molecule has 0 atom stereocenters. The van der Waals surface area contributed by atoms with Gasteiger partial charge in [-0.05, 0) is 24.3 Å². The number of aromatic nitrogens is 3. The Morgan fingerprint density at radius 2 is 1.40 bits per heavy atom. The molecule has 0 aliphatic carbocycles. The van der Waals surface area contributed by atoms with Crippen LogP contribution in [0.4, 0.5) is 5.82 Å². The van der Waals surface area contributed by atoms with Crippen LogP contribution < -0.4 is 5.73 Å². The minimum atomic E-state index is 0.419.